The van der Waals surface area contributed by atoms with Crippen molar-refractivity contribution in [1.82, 2.24) is 0 Å². The van der Waals surface area contributed by atoms with Crippen LogP contribution in [0.25, 0.3) is 0 Å². The van der Waals surface area contributed by atoms with Crippen molar-refractivity contribution in [3.8, 4) is 5.75 Å². The van der Waals surface area contributed by atoms with Gasteiger partial charge in [0.2, 0.25) is 0 Å². The maximum absolute atomic E-state index is 12.2. The molecule has 0 heterocycles. The summed E-state index contributed by atoms with van der Waals surface area (Å²) in [7, 11) is 0. The number of carbonyl (C=O) groups excluding carboxylic acids is 1. The number of rotatable bonds is 2. The molecule has 86 valence electrons. The Kier molecular flexibility index (Phi) is 3.16. The molecule has 0 aromatic heterocycles. The lowest BCUT2D eigenvalue weighted by molar-refractivity contribution is 0.103. The Morgan fingerprint density at radius 2 is 1.76 bits per heavy atom. The SMILES string of the molecule is Cc1c(Cl)ccc(O)c1C(=O)c1ccccc1. The first-order chi connectivity index (χ1) is 8.11. The Hall–Kier alpha value is -1.80. The van der Waals surface area contributed by atoms with Crippen LogP contribution in [0.15, 0.2) is 42.5 Å². The zero-order valence-electron chi connectivity index (χ0n) is 9.27. The molecule has 0 fully saturated rings. The lowest BCUT2D eigenvalue weighted by Gasteiger charge is -2.08. The Morgan fingerprint density at radius 1 is 1.12 bits per heavy atom. The summed E-state index contributed by atoms with van der Waals surface area (Å²) in [6.45, 7) is 1.72. The first kappa shape index (κ1) is 11.7. The van der Waals surface area contributed by atoms with Gasteiger partial charge in [-0.15, -0.1) is 0 Å². The molecule has 1 N–H and O–H groups in total. The highest BCUT2D eigenvalue weighted by molar-refractivity contribution is 6.32. The van der Waals surface area contributed by atoms with E-state index in [1.807, 2.05) is 6.07 Å². The normalized spacial score (nSPS) is 10.2. The average Bonchev–Trinajstić information content (AvgIpc) is 2.35. The van der Waals surface area contributed by atoms with Crippen LogP contribution in [0.2, 0.25) is 5.02 Å². The highest BCUT2D eigenvalue weighted by atomic mass is 35.5. The van der Waals surface area contributed by atoms with Crippen LogP contribution >= 0.6 is 11.6 Å². The van der Waals surface area contributed by atoms with Crippen molar-refractivity contribution in [3.05, 3.63) is 64.2 Å². The molecule has 2 aromatic carbocycles. The number of phenols is 1. The van der Waals surface area contributed by atoms with Crippen LogP contribution in [-0.2, 0) is 0 Å². The minimum atomic E-state index is -0.219. The van der Waals surface area contributed by atoms with Crippen LogP contribution in [0, 0.1) is 6.92 Å². The topological polar surface area (TPSA) is 37.3 Å². The summed E-state index contributed by atoms with van der Waals surface area (Å²) in [6.07, 6.45) is 0. The zero-order valence-corrected chi connectivity index (χ0v) is 10.0. The first-order valence-corrected chi connectivity index (χ1v) is 5.57. The first-order valence-electron chi connectivity index (χ1n) is 5.19. The van der Waals surface area contributed by atoms with Gasteiger partial charge in [0, 0.05) is 10.6 Å². The number of halogens is 1. The third kappa shape index (κ3) is 2.17. The molecule has 0 saturated heterocycles. The van der Waals surface area contributed by atoms with E-state index in [0.29, 0.717) is 16.1 Å². The van der Waals surface area contributed by atoms with Gasteiger partial charge in [0.25, 0.3) is 0 Å². The molecule has 2 rings (SSSR count). The molecule has 0 spiro atoms. The minimum absolute atomic E-state index is 0.0410. The molecular weight excluding hydrogens is 236 g/mol. The van der Waals surface area contributed by atoms with E-state index in [1.165, 1.54) is 6.07 Å². The van der Waals surface area contributed by atoms with E-state index in [-0.39, 0.29) is 17.1 Å². The number of carbonyl (C=O) groups is 1. The number of benzene rings is 2. The summed E-state index contributed by atoms with van der Waals surface area (Å²) in [4.78, 5) is 12.2. The van der Waals surface area contributed by atoms with Crippen molar-refractivity contribution in [2.24, 2.45) is 0 Å². The van der Waals surface area contributed by atoms with Crippen molar-refractivity contribution >= 4 is 17.4 Å². The van der Waals surface area contributed by atoms with E-state index < -0.39 is 0 Å². The van der Waals surface area contributed by atoms with Gasteiger partial charge in [-0.2, -0.15) is 0 Å². The van der Waals surface area contributed by atoms with Gasteiger partial charge < -0.3 is 5.11 Å². The van der Waals surface area contributed by atoms with Crippen LogP contribution in [0.5, 0.6) is 5.75 Å². The van der Waals surface area contributed by atoms with Crippen LogP contribution in [-0.4, -0.2) is 10.9 Å². The van der Waals surface area contributed by atoms with Gasteiger partial charge in [0.1, 0.15) is 5.75 Å². The monoisotopic (exact) mass is 246 g/mol. The van der Waals surface area contributed by atoms with E-state index in [1.54, 1.807) is 37.3 Å². The standard InChI is InChI=1S/C14H11ClO2/c1-9-11(15)7-8-12(16)13(9)14(17)10-5-3-2-4-6-10/h2-8,16H,1H3. The molecule has 0 amide bonds. The quantitative estimate of drug-likeness (QED) is 0.823. The highest BCUT2D eigenvalue weighted by Gasteiger charge is 2.17. The molecule has 0 aliphatic rings. The van der Waals surface area contributed by atoms with Crippen LogP contribution in [0.4, 0.5) is 0 Å². The number of hydrogen-bond donors (Lipinski definition) is 1. The largest absolute Gasteiger partial charge is 0.507 e. The molecule has 0 aliphatic carbocycles. The number of phenolic OH excluding ortho intramolecular Hbond substituents is 1. The van der Waals surface area contributed by atoms with Crippen LogP contribution in [0.1, 0.15) is 21.5 Å². The number of ketones is 1. The summed E-state index contributed by atoms with van der Waals surface area (Å²) in [6, 6.07) is 11.8. The van der Waals surface area contributed by atoms with Gasteiger partial charge in [-0.25, -0.2) is 0 Å². The summed E-state index contributed by atoms with van der Waals surface area (Å²) < 4.78 is 0. The van der Waals surface area contributed by atoms with Crippen LogP contribution < -0.4 is 0 Å². The lowest BCUT2D eigenvalue weighted by Crippen LogP contribution is -2.04. The Bertz CT molecular complexity index is 562. The molecule has 0 aliphatic heterocycles. The Morgan fingerprint density at radius 3 is 2.41 bits per heavy atom. The van der Waals surface area contributed by atoms with E-state index >= 15 is 0 Å². The summed E-state index contributed by atoms with van der Waals surface area (Å²) in [5, 5.41) is 10.2. The molecule has 17 heavy (non-hydrogen) atoms. The second kappa shape index (κ2) is 4.60. The van der Waals surface area contributed by atoms with E-state index in [4.69, 9.17) is 11.6 Å². The summed E-state index contributed by atoms with van der Waals surface area (Å²) in [5.41, 5.74) is 1.40. The maximum Gasteiger partial charge on any atom is 0.197 e. The van der Waals surface area contributed by atoms with Gasteiger partial charge in [0.05, 0.1) is 5.56 Å². The minimum Gasteiger partial charge on any atom is -0.507 e. The second-order valence-electron chi connectivity index (χ2n) is 3.76. The Labute approximate surface area is 104 Å². The molecule has 0 bridgehead atoms. The van der Waals surface area contributed by atoms with E-state index in [2.05, 4.69) is 0 Å². The molecular formula is C14H11ClO2. The van der Waals surface area contributed by atoms with Gasteiger partial charge in [-0.1, -0.05) is 41.9 Å². The van der Waals surface area contributed by atoms with Gasteiger partial charge in [-0.05, 0) is 24.6 Å². The molecule has 0 atom stereocenters. The fourth-order valence-corrected chi connectivity index (χ4v) is 1.85. The molecule has 3 heteroatoms. The Balaban J connectivity index is 2.56. The molecule has 2 aromatic rings. The molecule has 0 saturated carbocycles. The summed E-state index contributed by atoms with van der Waals surface area (Å²) >= 11 is 5.95. The van der Waals surface area contributed by atoms with E-state index in [0.717, 1.165) is 0 Å². The third-order valence-electron chi connectivity index (χ3n) is 2.64. The highest BCUT2D eigenvalue weighted by Crippen LogP contribution is 2.29. The van der Waals surface area contributed by atoms with Crippen molar-refractivity contribution in [3.63, 3.8) is 0 Å². The zero-order chi connectivity index (χ0) is 12.4. The molecule has 0 unspecified atom stereocenters. The second-order valence-corrected chi connectivity index (χ2v) is 4.17. The van der Waals surface area contributed by atoms with Crippen molar-refractivity contribution in [2.75, 3.05) is 0 Å². The number of aromatic hydroxyl groups is 1. The predicted molar refractivity (Wildman–Crippen MR) is 67.7 cm³/mol. The lowest BCUT2D eigenvalue weighted by atomic mass is 9.98. The average molecular weight is 247 g/mol. The number of hydrogen-bond acceptors (Lipinski definition) is 2. The van der Waals surface area contributed by atoms with Crippen LogP contribution in [0.3, 0.4) is 0 Å². The van der Waals surface area contributed by atoms with Gasteiger partial charge in [0.15, 0.2) is 5.78 Å². The van der Waals surface area contributed by atoms with Crippen molar-refractivity contribution in [2.45, 2.75) is 6.92 Å². The fourth-order valence-electron chi connectivity index (χ4n) is 1.69. The fraction of sp³-hybridized carbons (Fsp3) is 0.0714. The maximum atomic E-state index is 12.2. The van der Waals surface area contributed by atoms with E-state index in [9.17, 15) is 9.90 Å². The van der Waals surface area contributed by atoms with Gasteiger partial charge in [-0.3, -0.25) is 4.79 Å². The third-order valence-corrected chi connectivity index (χ3v) is 3.05. The molecule has 0 radical (unpaired) electrons. The van der Waals surface area contributed by atoms with Crippen molar-refractivity contribution in [1.29, 1.82) is 0 Å². The van der Waals surface area contributed by atoms with Crippen molar-refractivity contribution < 1.29 is 9.90 Å². The van der Waals surface area contributed by atoms with Gasteiger partial charge >= 0.3 is 0 Å². The predicted octanol–water partition coefficient (Wildman–Crippen LogP) is 3.59. The summed E-state index contributed by atoms with van der Waals surface area (Å²) in [5.74, 6) is -0.260. The molecule has 2 nitrogen and oxygen atoms in total. The smallest absolute Gasteiger partial charge is 0.197 e.